The molecular formula is C31H27F2N5O7S2. The first-order valence-corrected chi connectivity index (χ1v) is 17.9. The molecule has 6 rings (SSSR count). The van der Waals surface area contributed by atoms with Crippen LogP contribution in [-0.4, -0.2) is 76.4 Å². The van der Waals surface area contributed by atoms with Gasteiger partial charge in [-0.05, 0) is 42.0 Å². The summed E-state index contributed by atoms with van der Waals surface area (Å²) in [5.74, 6) is -2.53. The third kappa shape index (κ3) is 7.24. The van der Waals surface area contributed by atoms with E-state index in [4.69, 9.17) is 9.47 Å². The minimum Gasteiger partial charge on any atom is -0.493 e. The minimum atomic E-state index is -4.25. The summed E-state index contributed by atoms with van der Waals surface area (Å²) in [5.41, 5.74) is 1.05. The van der Waals surface area contributed by atoms with E-state index in [1.54, 1.807) is 12.1 Å². The van der Waals surface area contributed by atoms with E-state index in [9.17, 15) is 31.0 Å². The highest BCUT2D eigenvalue weighted by Crippen LogP contribution is 2.34. The van der Waals surface area contributed by atoms with Gasteiger partial charge in [-0.25, -0.2) is 22.2 Å². The van der Waals surface area contributed by atoms with Crippen LogP contribution in [0.25, 0.3) is 11.1 Å². The summed E-state index contributed by atoms with van der Waals surface area (Å²) < 4.78 is 82.0. The first-order valence-electron chi connectivity index (χ1n) is 14.2. The van der Waals surface area contributed by atoms with Gasteiger partial charge < -0.3 is 14.8 Å². The van der Waals surface area contributed by atoms with E-state index in [1.165, 1.54) is 60.2 Å². The number of ether oxygens (including phenoxy) is 2. The predicted molar refractivity (Wildman–Crippen MR) is 171 cm³/mol. The average molecular weight is 684 g/mol. The number of pyridine rings is 2. The lowest BCUT2D eigenvalue weighted by atomic mass is 10.0. The number of aromatic nitrogens is 2. The Morgan fingerprint density at radius 1 is 0.915 bits per heavy atom. The number of hydrogen-bond acceptors (Lipinski definition) is 10. The quantitative estimate of drug-likeness (QED) is 0.228. The molecule has 0 fully saturated rings. The molecule has 0 aliphatic carbocycles. The van der Waals surface area contributed by atoms with Crippen molar-refractivity contribution in [3.63, 3.8) is 0 Å². The maximum atomic E-state index is 14.9. The molecule has 4 heterocycles. The molecule has 244 valence electrons. The van der Waals surface area contributed by atoms with E-state index in [-0.39, 0.29) is 58.7 Å². The highest BCUT2D eigenvalue weighted by atomic mass is 32.3. The molecule has 2 aliphatic rings. The number of imide groups is 1. The first kappa shape index (κ1) is 32.0. The van der Waals surface area contributed by atoms with Crippen molar-refractivity contribution in [3.8, 4) is 22.8 Å². The smallest absolute Gasteiger partial charge is 0.261 e. The van der Waals surface area contributed by atoms with Crippen molar-refractivity contribution >= 4 is 48.5 Å². The summed E-state index contributed by atoms with van der Waals surface area (Å²) in [6.45, 7) is -0.211. The number of rotatable bonds is 6. The van der Waals surface area contributed by atoms with Gasteiger partial charge in [0, 0.05) is 57.6 Å². The van der Waals surface area contributed by atoms with E-state index >= 15 is 0 Å². The van der Waals surface area contributed by atoms with Gasteiger partial charge in [0.2, 0.25) is 15.9 Å². The maximum absolute atomic E-state index is 14.9. The van der Waals surface area contributed by atoms with Gasteiger partial charge in [0.1, 0.15) is 29.0 Å². The van der Waals surface area contributed by atoms with Gasteiger partial charge in [-0.2, -0.15) is 4.98 Å². The molecule has 0 spiro atoms. The van der Waals surface area contributed by atoms with E-state index in [1.807, 2.05) is 0 Å². The molecule has 0 saturated heterocycles. The van der Waals surface area contributed by atoms with Gasteiger partial charge in [-0.3, -0.25) is 18.7 Å². The summed E-state index contributed by atoms with van der Waals surface area (Å²) in [7, 11) is -7.67. The number of carbonyl (C=O) groups is 2. The number of sulfonamides is 1. The van der Waals surface area contributed by atoms with Crippen LogP contribution in [0.15, 0.2) is 66.9 Å². The van der Waals surface area contributed by atoms with Crippen LogP contribution in [0.2, 0.25) is 0 Å². The standard InChI is InChI=1S/C31H27F2N5O7S2/c1-46(41,37-47(42,43)12-9-38-30(39)22-5-2-3-6-23(22)31(38)40)18-19-13-28-35-27-16-24(25(33)17-34-27)21-8-7-20(32)15-26(21)44-10-4-11-45-29(14-19)36-28/h2-3,5-8,13-18H,4,9-12H2,1H3,(H,37,41)(H,34,35,36). The monoisotopic (exact) mass is 683 g/mol. The van der Waals surface area contributed by atoms with Crippen LogP contribution in [0.3, 0.4) is 0 Å². The summed E-state index contributed by atoms with van der Waals surface area (Å²) in [6.07, 6.45) is 2.51. The molecule has 0 saturated carbocycles. The van der Waals surface area contributed by atoms with Gasteiger partial charge in [0.15, 0.2) is 0 Å². The van der Waals surface area contributed by atoms with Gasteiger partial charge in [-0.15, -0.1) is 4.13 Å². The molecule has 2 aliphatic heterocycles. The van der Waals surface area contributed by atoms with Crippen molar-refractivity contribution in [3.05, 3.63) is 95.2 Å². The molecule has 2 N–H and O–H groups in total. The molecule has 1 atom stereocenters. The topological polar surface area (TPSA) is 157 Å². The van der Waals surface area contributed by atoms with Crippen LogP contribution in [0.5, 0.6) is 11.6 Å². The molecule has 4 bridgehead atoms. The molecule has 4 aromatic rings. The molecule has 12 nitrogen and oxygen atoms in total. The number of benzene rings is 2. The van der Waals surface area contributed by atoms with Crippen LogP contribution in [-0.2, 0) is 19.7 Å². The third-order valence-electron chi connectivity index (χ3n) is 7.08. The number of amides is 2. The summed E-state index contributed by atoms with van der Waals surface area (Å²) in [6, 6.07) is 14.2. The molecule has 2 aromatic heterocycles. The normalized spacial score (nSPS) is 15.7. The van der Waals surface area contributed by atoms with Gasteiger partial charge >= 0.3 is 0 Å². The van der Waals surface area contributed by atoms with Crippen molar-refractivity contribution in [1.29, 1.82) is 0 Å². The second-order valence-corrected chi connectivity index (χ2v) is 15.1. The van der Waals surface area contributed by atoms with Gasteiger partial charge in [0.25, 0.3) is 11.8 Å². The lowest BCUT2D eigenvalue weighted by molar-refractivity contribution is 0.0664. The van der Waals surface area contributed by atoms with Crippen molar-refractivity contribution in [2.24, 2.45) is 0 Å². The molecule has 2 aromatic carbocycles. The molecule has 47 heavy (non-hydrogen) atoms. The lowest BCUT2D eigenvalue weighted by Gasteiger charge is -2.16. The number of carbonyl (C=O) groups excluding carboxylic acids is 2. The fourth-order valence-electron chi connectivity index (χ4n) is 5.06. The van der Waals surface area contributed by atoms with Crippen LogP contribution in [0, 0.1) is 11.6 Å². The number of fused-ring (bicyclic) bond motifs is 7. The Morgan fingerprint density at radius 2 is 1.64 bits per heavy atom. The molecular weight excluding hydrogens is 656 g/mol. The Kier molecular flexibility index (Phi) is 8.65. The molecule has 2 amide bonds. The number of anilines is 2. The zero-order valence-corrected chi connectivity index (χ0v) is 26.4. The number of nitrogens with zero attached hydrogens (tertiary/aromatic N) is 3. The Hall–Kier alpha value is -4.93. The van der Waals surface area contributed by atoms with E-state index in [0.29, 0.717) is 12.0 Å². The number of nitrogens with one attached hydrogen (secondary N) is 2. The highest BCUT2D eigenvalue weighted by Gasteiger charge is 2.35. The second-order valence-electron chi connectivity index (χ2n) is 10.7. The Morgan fingerprint density at radius 3 is 2.38 bits per heavy atom. The Bertz CT molecular complexity index is 2120. The van der Waals surface area contributed by atoms with E-state index < -0.39 is 55.5 Å². The van der Waals surface area contributed by atoms with Gasteiger partial charge in [-0.1, -0.05) is 12.1 Å². The number of hydrogen-bond donors (Lipinski definition) is 2. The van der Waals surface area contributed by atoms with Crippen molar-refractivity contribution in [2.75, 3.05) is 37.1 Å². The SMILES string of the molecule is CS(=O)(=Cc1cc2nc(c1)OCCCOc1cc(F)ccc1-c1cc(ncc1F)N2)NS(=O)(=O)CCN1C(=O)c2ccccc2C1=O. The molecule has 16 heteroatoms. The average Bonchev–Trinajstić information content (AvgIpc) is 3.24. The molecule has 1 unspecified atom stereocenters. The Balaban J connectivity index is 1.25. The second kappa shape index (κ2) is 12.7. The van der Waals surface area contributed by atoms with E-state index in [0.717, 1.165) is 11.1 Å². The minimum absolute atomic E-state index is 0.0933. The number of halogens is 2. The highest BCUT2D eigenvalue weighted by molar-refractivity contribution is 8.09. The summed E-state index contributed by atoms with van der Waals surface area (Å²) in [4.78, 5) is 34.5. The van der Waals surface area contributed by atoms with Crippen LogP contribution < -0.4 is 18.9 Å². The largest absolute Gasteiger partial charge is 0.493 e. The predicted octanol–water partition coefficient (Wildman–Crippen LogP) is 3.52. The fourth-order valence-corrected chi connectivity index (χ4v) is 8.68. The Labute approximate surface area is 268 Å². The summed E-state index contributed by atoms with van der Waals surface area (Å²) >= 11 is 0. The third-order valence-corrected chi connectivity index (χ3v) is 10.9. The zero-order chi connectivity index (χ0) is 33.3. The van der Waals surface area contributed by atoms with Crippen LogP contribution in [0.1, 0.15) is 32.7 Å². The van der Waals surface area contributed by atoms with Crippen molar-refractivity contribution < 1.29 is 40.5 Å². The first-order chi connectivity index (χ1) is 22.4. The van der Waals surface area contributed by atoms with E-state index in [2.05, 4.69) is 19.4 Å². The van der Waals surface area contributed by atoms with Crippen LogP contribution in [0.4, 0.5) is 20.4 Å². The summed E-state index contributed by atoms with van der Waals surface area (Å²) in [5, 5.41) is 4.13. The van der Waals surface area contributed by atoms with Crippen molar-refractivity contribution in [1.82, 2.24) is 19.0 Å². The fraction of sp³-hybridized carbons (Fsp3) is 0.194. The maximum Gasteiger partial charge on any atom is 0.261 e. The van der Waals surface area contributed by atoms with Crippen LogP contribution >= 0.6 is 0 Å². The lowest BCUT2D eigenvalue weighted by Crippen LogP contribution is -2.39. The molecule has 0 radical (unpaired) electrons. The van der Waals surface area contributed by atoms with Gasteiger partial charge in [0.05, 0.1) is 36.3 Å². The zero-order valence-electron chi connectivity index (χ0n) is 24.7. The van der Waals surface area contributed by atoms with Crippen molar-refractivity contribution in [2.45, 2.75) is 6.42 Å².